The van der Waals surface area contributed by atoms with Crippen LogP contribution >= 0.6 is 0 Å². The number of ether oxygens (including phenoxy) is 1. The molecule has 0 radical (unpaired) electrons. The monoisotopic (exact) mass is 240 g/mol. The minimum Gasteiger partial charge on any atom is -0.383 e. The first-order chi connectivity index (χ1) is 8.33. The van der Waals surface area contributed by atoms with E-state index in [1.807, 2.05) is 0 Å². The molecule has 3 unspecified atom stereocenters. The zero-order chi connectivity index (χ0) is 12.1. The second kappa shape index (κ2) is 6.72. The van der Waals surface area contributed by atoms with Crippen LogP contribution in [0.4, 0.5) is 0 Å². The summed E-state index contributed by atoms with van der Waals surface area (Å²) in [6.45, 7) is 6.32. The summed E-state index contributed by atoms with van der Waals surface area (Å²) in [5.74, 6) is 3.15. The van der Waals surface area contributed by atoms with Gasteiger partial charge in [0.05, 0.1) is 6.61 Å². The molecule has 0 spiro atoms. The van der Waals surface area contributed by atoms with Gasteiger partial charge in [0, 0.05) is 26.2 Å². The van der Waals surface area contributed by atoms with E-state index < -0.39 is 0 Å². The number of fused-ring (bicyclic) bond motifs is 1. The van der Waals surface area contributed by atoms with E-state index in [9.17, 15) is 0 Å². The Hall–Kier alpha value is -0.120. The van der Waals surface area contributed by atoms with Crippen LogP contribution in [0.1, 0.15) is 32.6 Å². The average Bonchev–Trinajstić information content (AvgIpc) is 3.06. The molecule has 0 saturated heterocycles. The maximum absolute atomic E-state index is 5.01. The summed E-state index contributed by atoms with van der Waals surface area (Å²) in [5, 5.41) is 7.08. The molecule has 100 valence electrons. The second-order valence-electron chi connectivity index (χ2n) is 5.78. The minimum atomic E-state index is 0.578. The largest absolute Gasteiger partial charge is 0.383 e. The van der Waals surface area contributed by atoms with E-state index in [1.165, 1.54) is 32.2 Å². The molecule has 0 aliphatic heterocycles. The van der Waals surface area contributed by atoms with Crippen LogP contribution in [0, 0.1) is 17.8 Å². The first kappa shape index (κ1) is 13.3. The van der Waals surface area contributed by atoms with Gasteiger partial charge in [-0.3, -0.25) is 0 Å². The van der Waals surface area contributed by atoms with Crippen molar-refractivity contribution in [2.75, 3.05) is 33.4 Å². The molecule has 2 aliphatic rings. The molecule has 0 amide bonds. The lowest BCUT2D eigenvalue weighted by Gasteiger charge is -2.14. The van der Waals surface area contributed by atoms with Crippen molar-refractivity contribution < 1.29 is 4.74 Å². The van der Waals surface area contributed by atoms with Crippen molar-refractivity contribution in [1.82, 2.24) is 10.6 Å². The smallest absolute Gasteiger partial charge is 0.0587 e. The van der Waals surface area contributed by atoms with Gasteiger partial charge in [-0.1, -0.05) is 12.8 Å². The van der Waals surface area contributed by atoms with E-state index in [2.05, 4.69) is 17.6 Å². The molecule has 0 aromatic carbocycles. The van der Waals surface area contributed by atoms with E-state index in [-0.39, 0.29) is 0 Å². The second-order valence-corrected chi connectivity index (χ2v) is 5.78. The van der Waals surface area contributed by atoms with Gasteiger partial charge < -0.3 is 15.4 Å². The van der Waals surface area contributed by atoms with Crippen molar-refractivity contribution in [2.45, 2.75) is 38.6 Å². The SMILES string of the molecule is COCCNCC(C)NCC1C2CCCCC21. The van der Waals surface area contributed by atoms with Crippen LogP contribution in [0.2, 0.25) is 0 Å². The predicted molar refractivity (Wildman–Crippen MR) is 71.1 cm³/mol. The quantitative estimate of drug-likeness (QED) is 0.633. The molecular weight excluding hydrogens is 212 g/mol. The fourth-order valence-corrected chi connectivity index (χ4v) is 3.35. The lowest BCUT2D eigenvalue weighted by molar-refractivity contribution is 0.198. The predicted octanol–water partition coefficient (Wildman–Crippen LogP) is 1.64. The molecule has 0 heterocycles. The molecule has 2 fully saturated rings. The van der Waals surface area contributed by atoms with Crippen LogP contribution in [-0.2, 0) is 4.74 Å². The molecule has 3 heteroatoms. The van der Waals surface area contributed by atoms with Gasteiger partial charge in [0.25, 0.3) is 0 Å². The first-order valence-corrected chi connectivity index (χ1v) is 7.26. The van der Waals surface area contributed by atoms with E-state index in [1.54, 1.807) is 7.11 Å². The summed E-state index contributed by atoms with van der Waals surface area (Å²) in [4.78, 5) is 0. The number of methoxy groups -OCH3 is 1. The van der Waals surface area contributed by atoms with E-state index in [0.29, 0.717) is 6.04 Å². The third kappa shape index (κ3) is 3.94. The summed E-state index contributed by atoms with van der Waals surface area (Å²) in [6.07, 6.45) is 5.95. The van der Waals surface area contributed by atoms with Gasteiger partial charge in [-0.05, 0) is 44.1 Å². The van der Waals surface area contributed by atoms with E-state index in [4.69, 9.17) is 4.74 Å². The topological polar surface area (TPSA) is 33.3 Å². The van der Waals surface area contributed by atoms with E-state index in [0.717, 1.165) is 37.5 Å². The van der Waals surface area contributed by atoms with Gasteiger partial charge >= 0.3 is 0 Å². The van der Waals surface area contributed by atoms with Crippen molar-refractivity contribution in [3.8, 4) is 0 Å². The molecule has 3 nitrogen and oxygen atoms in total. The van der Waals surface area contributed by atoms with Gasteiger partial charge in [-0.2, -0.15) is 0 Å². The standard InChI is InChI=1S/C14H28N2O/c1-11(9-15-7-8-17-2)16-10-14-12-5-3-4-6-13(12)14/h11-16H,3-10H2,1-2H3. The van der Waals surface area contributed by atoms with Crippen LogP contribution in [0.3, 0.4) is 0 Å². The van der Waals surface area contributed by atoms with Gasteiger partial charge in [-0.25, -0.2) is 0 Å². The van der Waals surface area contributed by atoms with E-state index >= 15 is 0 Å². The Kier molecular flexibility index (Phi) is 5.26. The molecule has 0 bridgehead atoms. The Morgan fingerprint density at radius 1 is 1.24 bits per heavy atom. The summed E-state index contributed by atoms with van der Waals surface area (Å²) in [6, 6.07) is 0.578. The lowest BCUT2D eigenvalue weighted by Crippen LogP contribution is -2.38. The molecule has 0 aromatic heterocycles. The highest BCUT2D eigenvalue weighted by Gasteiger charge is 2.49. The molecule has 2 rings (SSSR count). The molecule has 17 heavy (non-hydrogen) atoms. The lowest BCUT2D eigenvalue weighted by atomic mass is 10.0. The van der Waals surface area contributed by atoms with Crippen molar-refractivity contribution in [3.05, 3.63) is 0 Å². The first-order valence-electron chi connectivity index (χ1n) is 7.26. The molecule has 2 saturated carbocycles. The van der Waals surface area contributed by atoms with Crippen LogP contribution in [0.25, 0.3) is 0 Å². The molecular formula is C14H28N2O. The summed E-state index contributed by atoms with van der Waals surface area (Å²) in [7, 11) is 1.75. The highest BCUT2D eigenvalue weighted by molar-refractivity contribution is 5.00. The van der Waals surface area contributed by atoms with Crippen LogP contribution in [-0.4, -0.2) is 39.4 Å². The molecule has 0 aromatic rings. The zero-order valence-corrected chi connectivity index (χ0v) is 11.4. The average molecular weight is 240 g/mol. The van der Waals surface area contributed by atoms with Gasteiger partial charge in [0.2, 0.25) is 0 Å². The fraction of sp³-hybridized carbons (Fsp3) is 1.00. The Labute approximate surface area is 106 Å². The van der Waals surface area contributed by atoms with Gasteiger partial charge in [0.15, 0.2) is 0 Å². The number of hydrogen-bond donors (Lipinski definition) is 2. The molecule has 2 N–H and O–H groups in total. The van der Waals surface area contributed by atoms with Crippen molar-refractivity contribution in [2.24, 2.45) is 17.8 Å². The van der Waals surface area contributed by atoms with Crippen molar-refractivity contribution in [1.29, 1.82) is 0 Å². The fourth-order valence-electron chi connectivity index (χ4n) is 3.35. The Morgan fingerprint density at radius 2 is 1.94 bits per heavy atom. The highest BCUT2D eigenvalue weighted by atomic mass is 16.5. The van der Waals surface area contributed by atoms with Gasteiger partial charge in [0.1, 0.15) is 0 Å². The third-order valence-corrected chi connectivity index (χ3v) is 4.47. The number of hydrogen-bond acceptors (Lipinski definition) is 3. The minimum absolute atomic E-state index is 0.578. The maximum Gasteiger partial charge on any atom is 0.0587 e. The Balaban J connectivity index is 1.50. The van der Waals surface area contributed by atoms with Crippen LogP contribution in [0.5, 0.6) is 0 Å². The maximum atomic E-state index is 5.01. The van der Waals surface area contributed by atoms with Crippen LogP contribution < -0.4 is 10.6 Å². The summed E-state index contributed by atoms with van der Waals surface area (Å²) in [5.41, 5.74) is 0. The number of rotatable bonds is 8. The Bertz CT molecular complexity index is 210. The van der Waals surface area contributed by atoms with Gasteiger partial charge in [-0.15, -0.1) is 0 Å². The Morgan fingerprint density at radius 3 is 2.59 bits per heavy atom. The molecule has 2 aliphatic carbocycles. The number of nitrogens with one attached hydrogen (secondary N) is 2. The molecule has 3 atom stereocenters. The van der Waals surface area contributed by atoms with Crippen LogP contribution in [0.15, 0.2) is 0 Å². The third-order valence-electron chi connectivity index (χ3n) is 4.47. The highest BCUT2D eigenvalue weighted by Crippen LogP contribution is 2.54. The zero-order valence-electron chi connectivity index (χ0n) is 11.4. The normalized spacial score (nSPS) is 33.2. The van der Waals surface area contributed by atoms with Crippen molar-refractivity contribution >= 4 is 0 Å². The van der Waals surface area contributed by atoms with Crippen molar-refractivity contribution in [3.63, 3.8) is 0 Å². The summed E-state index contributed by atoms with van der Waals surface area (Å²) >= 11 is 0. The summed E-state index contributed by atoms with van der Waals surface area (Å²) < 4.78 is 5.01.